The van der Waals surface area contributed by atoms with E-state index >= 15 is 0 Å². The molecule has 6 heteroatoms. The fourth-order valence-electron chi connectivity index (χ4n) is 2.41. The number of carboxylic acids is 1. The molecule has 0 radical (unpaired) electrons. The smallest absolute Gasteiger partial charge is 0.320 e. The van der Waals surface area contributed by atoms with Crippen LogP contribution in [0.15, 0.2) is 0 Å². The number of amides is 2. The number of carbonyl (C=O) groups is 2. The van der Waals surface area contributed by atoms with E-state index in [0.717, 1.165) is 6.42 Å². The molecule has 1 atom stereocenters. The summed E-state index contributed by atoms with van der Waals surface area (Å²) in [4.78, 5) is 27.0. The Morgan fingerprint density at radius 1 is 1.40 bits per heavy atom. The zero-order valence-electron chi connectivity index (χ0n) is 12.7. The van der Waals surface area contributed by atoms with Crippen LogP contribution >= 0.6 is 0 Å². The Bertz CT molecular complexity index is 327. The molecule has 0 aromatic carbocycles. The summed E-state index contributed by atoms with van der Waals surface area (Å²) in [6, 6.07) is 0.162. The van der Waals surface area contributed by atoms with Crippen molar-refractivity contribution < 1.29 is 19.4 Å². The molecule has 0 aromatic rings. The number of hydrogen-bond acceptors (Lipinski definition) is 3. The molecule has 1 aliphatic heterocycles. The molecule has 6 nitrogen and oxygen atoms in total. The van der Waals surface area contributed by atoms with E-state index in [4.69, 9.17) is 9.84 Å². The van der Waals surface area contributed by atoms with Crippen LogP contribution in [-0.2, 0) is 9.53 Å². The minimum Gasteiger partial charge on any atom is -0.481 e. The number of rotatable bonds is 6. The highest BCUT2D eigenvalue weighted by molar-refractivity contribution is 5.76. The van der Waals surface area contributed by atoms with Gasteiger partial charge >= 0.3 is 12.0 Å². The first-order valence-electron chi connectivity index (χ1n) is 7.28. The molecule has 0 aromatic heterocycles. The Hall–Kier alpha value is -1.30. The number of ether oxygens (including phenoxy) is 1. The standard InChI is InChI=1S/C14H26N2O4/c1-4-11(2)16(9-10-20-3)14(19)15-7-5-12(6-8-15)13(17)18/h11-12H,4-10H2,1-3H3,(H,17,18). The minimum atomic E-state index is -0.754. The average molecular weight is 286 g/mol. The molecule has 0 spiro atoms. The molecule has 1 unspecified atom stereocenters. The Kier molecular flexibility index (Phi) is 6.78. The Morgan fingerprint density at radius 2 is 2.00 bits per heavy atom. The van der Waals surface area contributed by atoms with Gasteiger partial charge in [0.05, 0.1) is 12.5 Å². The fraction of sp³-hybridized carbons (Fsp3) is 0.857. The zero-order chi connectivity index (χ0) is 15.1. The van der Waals surface area contributed by atoms with Crippen molar-refractivity contribution in [3.63, 3.8) is 0 Å². The van der Waals surface area contributed by atoms with Gasteiger partial charge in [-0.3, -0.25) is 4.79 Å². The van der Waals surface area contributed by atoms with Gasteiger partial charge in [0.1, 0.15) is 0 Å². The summed E-state index contributed by atoms with van der Waals surface area (Å²) in [5.41, 5.74) is 0. The first kappa shape index (κ1) is 16.8. The van der Waals surface area contributed by atoms with Crippen molar-refractivity contribution in [2.75, 3.05) is 33.4 Å². The van der Waals surface area contributed by atoms with E-state index in [1.807, 2.05) is 11.8 Å². The van der Waals surface area contributed by atoms with Gasteiger partial charge < -0.3 is 19.6 Å². The molecule has 0 saturated carbocycles. The van der Waals surface area contributed by atoms with Crippen molar-refractivity contribution in [1.82, 2.24) is 9.80 Å². The number of likely N-dealkylation sites (tertiary alicyclic amines) is 1. The topological polar surface area (TPSA) is 70.1 Å². The van der Waals surface area contributed by atoms with E-state index in [1.165, 1.54) is 0 Å². The highest BCUT2D eigenvalue weighted by Gasteiger charge is 2.30. The summed E-state index contributed by atoms with van der Waals surface area (Å²) in [5, 5.41) is 8.98. The maximum Gasteiger partial charge on any atom is 0.320 e. The fourth-order valence-corrected chi connectivity index (χ4v) is 2.41. The van der Waals surface area contributed by atoms with E-state index < -0.39 is 5.97 Å². The normalized spacial score (nSPS) is 17.9. The maximum atomic E-state index is 12.5. The lowest BCUT2D eigenvalue weighted by atomic mass is 9.97. The highest BCUT2D eigenvalue weighted by Crippen LogP contribution is 2.19. The van der Waals surface area contributed by atoms with Gasteiger partial charge in [0.25, 0.3) is 0 Å². The van der Waals surface area contributed by atoms with Crippen molar-refractivity contribution in [1.29, 1.82) is 0 Å². The molecule has 1 N–H and O–H groups in total. The molecular weight excluding hydrogens is 260 g/mol. The van der Waals surface area contributed by atoms with Gasteiger partial charge in [0.2, 0.25) is 0 Å². The maximum absolute atomic E-state index is 12.5. The molecule has 1 rings (SSSR count). The van der Waals surface area contributed by atoms with Crippen LogP contribution in [0, 0.1) is 5.92 Å². The van der Waals surface area contributed by atoms with E-state index in [9.17, 15) is 9.59 Å². The number of piperidine rings is 1. The second kappa shape index (κ2) is 8.09. The lowest BCUT2D eigenvalue weighted by Crippen LogP contribution is -2.51. The monoisotopic (exact) mass is 286 g/mol. The van der Waals surface area contributed by atoms with Gasteiger partial charge in [-0.2, -0.15) is 0 Å². The number of methoxy groups -OCH3 is 1. The summed E-state index contributed by atoms with van der Waals surface area (Å²) in [6.07, 6.45) is 1.97. The zero-order valence-corrected chi connectivity index (χ0v) is 12.7. The summed E-state index contributed by atoms with van der Waals surface area (Å²) in [5.74, 6) is -1.06. The van der Waals surface area contributed by atoms with Gasteiger partial charge in [0.15, 0.2) is 0 Å². The van der Waals surface area contributed by atoms with Crippen molar-refractivity contribution in [3.8, 4) is 0 Å². The number of carboxylic acid groups (broad SMARTS) is 1. The molecule has 1 aliphatic rings. The SMILES string of the molecule is CCC(C)N(CCOC)C(=O)N1CCC(C(=O)O)CC1. The lowest BCUT2D eigenvalue weighted by Gasteiger charge is -2.37. The van der Waals surface area contributed by atoms with E-state index in [2.05, 4.69) is 6.92 Å². The van der Waals surface area contributed by atoms with E-state index in [0.29, 0.717) is 39.1 Å². The first-order valence-corrected chi connectivity index (χ1v) is 7.28. The minimum absolute atomic E-state index is 0.000221. The molecule has 1 saturated heterocycles. The molecule has 1 fully saturated rings. The second-order valence-corrected chi connectivity index (χ2v) is 5.33. The van der Waals surface area contributed by atoms with Gasteiger partial charge in [-0.1, -0.05) is 6.92 Å². The lowest BCUT2D eigenvalue weighted by molar-refractivity contribution is -0.143. The van der Waals surface area contributed by atoms with Crippen LogP contribution in [0.5, 0.6) is 0 Å². The van der Waals surface area contributed by atoms with E-state index in [-0.39, 0.29) is 18.0 Å². The quantitative estimate of drug-likeness (QED) is 0.806. The van der Waals surface area contributed by atoms with Crippen LogP contribution in [0.25, 0.3) is 0 Å². The number of carbonyl (C=O) groups excluding carboxylic acids is 1. The molecular formula is C14H26N2O4. The Balaban J connectivity index is 2.59. The van der Waals surface area contributed by atoms with Crippen LogP contribution in [0.3, 0.4) is 0 Å². The van der Waals surface area contributed by atoms with Crippen molar-refractivity contribution in [3.05, 3.63) is 0 Å². The van der Waals surface area contributed by atoms with Crippen molar-refractivity contribution >= 4 is 12.0 Å². The van der Waals surface area contributed by atoms with Crippen molar-refractivity contribution in [2.45, 2.75) is 39.2 Å². The summed E-state index contributed by atoms with van der Waals surface area (Å²) in [6.45, 7) is 6.21. The third-order valence-electron chi connectivity index (χ3n) is 4.02. The van der Waals surface area contributed by atoms with Crippen LogP contribution in [0.4, 0.5) is 4.79 Å². The number of hydrogen-bond donors (Lipinski definition) is 1. The Labute approximate surface area is 120 Å². The van der Waals surface area contributed by atoms with Crippen molar-refractivity contribution in [2.24, 2.45) is 5.92 Å². The third kappa shape index (κ3) is 4.37. The average Bonchev–Trinajstić information content (AvgIpc) is 2.47. The van der Waals surface area contributed by atoms with Crippen LogP contribution in [-0.4, -0.2) is 66.3 Å². The largest absolute Gasteiger partial charge is 0.481 e. The third-order valence-corrected chi connectivity index (χ3v) is 4.02. The van der Waals surface area contributed by atoms with Crippen LogP contribution < -0.4 is 0 Å². The second-order valence-electron chi connectivity index (χ2n) is 5.33. The van der Waals surface area contributed by atoms with Crippen LogP contribution in [0.1, 0.15) is 33.1 Å². The summed E-state index contributed by atoms with van der Waals surface area (Å²) >= 11 is 0. The predicted octanol–water partition coefficient (Wildman–Crippen LogP) is 1.65. The van der Waals surface area contributed by atoms with Gasteiger partial charge in [-0.05, 0) is 26.2 Å². The molecule has 116 valence electrons. The number of urea groups is 1. The van der Waals surface area contributed by atoms with Gasteiger partial charge in [-0.15, -0.1) is 0 Å². The molecule has 1 heterocycles. The number of nitrogens with zero attached hydrogens (tertiary/aromatic N) is 2. The predicted molar refractivity (Wildman–Crippen MR) is 75.7 cm³/mol. The molecule has 0 aliphatic carbocycles. The van der Waals surface area contributed by atoms with E-state index in [1.54, 1.807) is 12.0 Å². The molecule has 0 bridgehead atoms. The highest BCUT2D eigenvalue weighted by atomic mass is 16.5. The van der Waals surface area contributed by atoms with Crippen LogP contribution in [0.2, 0.25) is 0 Å². The molecule has 20 heavy (non-hydrogen) atoms. The Morgan fingerprint density at radius 3 is 2.45 bits per heavy atom. The van der Waals surface area contributed by atoms with Gasteiger partial charge in [0, 0.05) is 32.8 Å². The first-order chi connectivity index (χ1) is 9.51. The molecule has 2 amide bonds. The summed E-state index contributed by atoms with van der Waals surface area (Å²) < 4.78 is 5.06. The number of aliphatic carboxylic acids is 1. The van der Waals surface area contributed by atoms with Gasteiger partial charge in [-0.25, -0.2) is 4.79 Å². The summed E-state index contributed by atoms with van der Waals surface area (Å²) in [7, 11) is 1.62.